The monoisotopic (exact) mass is 233 g/mol. The van der Waals surface area contributed by atoms with E-state index < -0.39 is 0 Å². The van der Waals surface area contributed by atoms with Crippen molar-refractivity contribution in [3.8, 4) is 0 Å². The summed E-state index contributed by atoms with van der Waals surface area (Å²) < 4.78 is 0. The van der Waals surface area contributed by atoms with Crippen molar-refractivity contribution in [2.24, 2.45) is 0 Å². The van der Waals surface area contributed by atoms with Crippen molar-refractivity contribution in [2.45, 2.75) is 44.8 Å². The van der Waals surface area contributed by atoms with Crippen LogP contribution in [0.3, 0.4) is 0 Å². The van der Waals surface area contributed by atoms with Crippen molar-refractivity contribution >= 4 is 0 Å². The Labute approximate surface area is 104 Å². The summed E-state index contributed by atoms with van der Waals surface area (Å²) >= 11 is 0. The van der Waals surface area contributed by atoms with E-state index in [1.807, 2.05) is 12.4 Å². The summed E-state index contributed by atoms with van der Waals surface area (Å²) in [5.41, 5.74) is 1.65. The molecule has 1 atom stereocenters. The maximum absolute atomic E-state index is 4.08. The van der Waals surface area contributed by atoms with Gasteiger partial charge >= 0.3 is 0 Å². The van der Waals surface area contributed by atoms with Gasteiger partial charge in [0, 0.05) is 37.1 Å². The number of likely N-dealkylation sites (N-methyl/N-ethyl adjacent to an activating group) is 1. The second-order valence-electron chi connectivity index (χ2n) is 5.57. The van der Waals surface area contributed by atoms with E-state index in [9.17, 15) is 0 Å². The number of pyridine rings is 1. The Kier molecular flexibility index (Phi) is 3.79. The number of piperidine rings is 1. The zero-order chi connectivity index (χ0) is 12.3. The predicted octanol–water partition coefficient (Wildman–Crippen LogP) is 2.04. The van der Waals surface area contributed by atoms with Crippen LogP contribution in [0, 0.1) is 0 Å². The average Bonchev–Trinajstić information content (AvgIpc) is 2.33. The highest BCUT2D eigenvalue weighted by Crippen LogP contribution is 2.28. The van der Waals surface area contributed by atoms with Crippen LogP contribution in [-0.4, -0.2) is 35.1 Å². The zero-order valence-corrected chi connectivity index (χ0v) is 11.1. The van der Waals surface area contributed by atoms with Gasteiger partial charge in [0.2, 0.25) is 0 Å². The minimum Gasteiger partial charge on any atom is -0.316 e. The Morgan fingerprint density at radius 3 is 2.76 bits per heavy atom. The van der Waals surface area contributed by atoms with E-state index in [4.69, 9.17) is 0 Å². The molecule has 2 heterocycles. The van der Waals surface area contributed by atoms with Gasteiger partial charge in [0.1, 0.15) is 0 Å². The summed E-state index contributed by atoms with van der Waals surface area (Å²) in [6.07, 6.45) is 6.28. The van der Waals surface area contributed by atoms with Crippen LogP contribution in [0.1, 0.15) is 32.3 Å². The summed E-state index contributed by atoms with van der Waals surface area (Å²) in [5.74, 6) is 0. The molecule has 1 unspecified atom stereocenters. The fourth-order valence-electron chi connectivity index (χ4n) is 2.51. The lowest BCUT2D eigenvalue weighted by Crippen LogP contribution is -2.54. The molecule has 0 saturated carbocycles. The molecule has 1 aromatic heterocycles. The van der Waals surface area contributed by atoms with E-state index in [1.54, 1.807) is 0 Å². The molecule has 1 aromatic rings. The van der Waals surface area contributed by atoms with E-state index in [0.717, 1.165) is 13.1 Å². The van der Waals surface area contributed by atoms with Crippen LogP contribution in [0.25, 0.3) is 0 Å². The Hall–Kier alpha value is -0.930. The molecule has 1 fully saturated rings. The van der Waals surface area contributed by atoms with Gasteiger partial charge in [-0.1, -0.05) is 0 Å². The van der Waals surface area contributed by atoms with Crippen LogP contribution in [0.15, 0.2) is 24.5 Å². The third-order valence-electron chi connectivity index (χ3n) is 3.93. The van der Waals surface area contributed by atoms with Crippen molar-refractivity contribution in [1.29, 1.82) is 0 Å². The topological polar surface area (TPSA) is 28.2 Å². The lowest BCUT2D eigenvalue weighted by Gasteiger charge is -2.45. The number of hydrogen-bond acceptors (Lipinski definition) is 3. The number of nitrogens with zero attached hydrogens (tertiary/aromatic N) is 2. The molecule has 1 aliphatic heterocycles. The first-order chi connectivity index (χ1) is 8.12. The lowest BCUT2D eigenvalue weighted by molar-refractivity contribution is 0.0518. The molecule has 1 N–H and O–H groups in total. The first-order valence-corrected chi connectivity index (χ1v) is 6.43. The summed E-state index contributed by atoms with van der Waals surface area (Å²) in [5, 5.41) is 3.40. The number of likely N-dealkylation sites (tertiary alicyclic amines) is 1. The van der Waals surface area contributed by atoms with Crippen molar-refractivity contribution in [3.63, 3.8) is 0 Å². The van der Waals surface area contributed by atoms with Gasteiger partial charge in [0.15, 0.2) is 0 Å². The summed E-state index contributed by atoms with van der Waals surface area (Å²) in [6, 6.07) is 4.85. The molecule has 1 aliphatic rings. The van der Waals surface area contributed by atoms with Gasteiger partial charge in [0.05, 0.1) is 0 Å². The van der Waals surface area contributed by atoms with Gasteiger partial charge in [0.25, 0.3) is 0 Å². The molecule has 0 radical (unpaired) electrons. The number of hydrogen-bond donors (Lipinski definition) is 1. The van der Waals surface area contributed by atoms with Gasteiger partial charge in [-0.05, 0) is 51.4 Å². The Bertz CT molecular complexity index is 348. The van der Waals surface area contributed by atoms with Gasteiger partial charge < -0.3 is 5.32 Å². The average molecular weight is 233 g/mol. The molecule has 94 valence electrons. The Morgan fingerprint density at radius 1 is 1.41 bits per heavy atom. The summed E-state index contributed by atoms with van der Waals surface area (Å²) in [7, 11) is 2.06. The molecule has 0 aromatic carbocycles. The van der Waals surface area contributed by atoms with Crippen LogP contribution in [-0.2, 0) is 6.54 Å². The third kappa shape index (κ3) is 3.05. The molecule has 0 aliphatic carbocycles. The predicted molar refractivity (Wildman–Crippen MR) is 70.8 cm³/mol. The van der Waals surface area contributed by atoms with Crippen molar-refractivity contribution < 1.29 is 0 Å². The van der Waals surface area contributed by atoms with E-state index >= 15 is 0 Å². The van der Waals surface area contributed by atoms with E-state index in [1.165, 1.54) is 18.4 Å². The van der Waals surface area contributed by atoms with Gasteiger partial charge in [-0.2, -0.15) is 0 Å². The third-order valence-corrected chi connectivity index (χ3v) is 3.93. The Morgan fingerprint density at radius 2 is 2.12 bits per heavy atom. The largest absolute Gasteiger partial charge is 0.316 e. The van der Waals surface area contributed by atoms with Crippen molar-refractivity contribution in [1.82, 2.24) is 15.2 Å². The van der Waals surface area contributed by atoms with Crippen LogP contribution in [0.5, 0.6) is 0 Å². The summed E-state index contributed by atoms with van der Waals surface area (Å²) in [6.45, 7) is 6.85. The first-order valence-electron chi connectivity index (χ1n) is 6.43. The molecule has 17 heavy (non-hydrogen) atoms. The van der Waals surface area contributed by atoms with Gasteiger partial charge in [-0.25, -0.2) is 0 Å². The molecule has 2 rings (SSSR count). The standard InChI is InChI=1S/C14H23N3/c1-14(2)7-4-13(15-3)11-17(14)10-12-5-8-16-9-6-12/h5-6,8-9,13,15H,4,7,10-11H2,1-3H3. The quantitative estimate of drug-likeness (QED) is 0.866. The summed E-state index contributed by atoms with van der Waals surface area (Å²) in [4.78, 5) is 6.65. The van der Waals surface area contributed by atoms with Crippen molar-refractivity contribution in [2.75, 3.05) is 13.6 Å². The SMILES string of the molecule is CNC1CCC(C)(C)N(Cc2ccncc2)C1. The maximum Gasteiger partial charge on any atom is 0.0271 e. The van der Waals surface area contributed by atoms with Crippen LogP contribution < -0.4 is 5.32 Å². The van der Waals surface area contributed by atoms with Gasteiger partial charge in [-0.15, -0.1) is 0 Å². The fraction of sp³-hybridized carbons (Fsp3) is 0.643. The van der Waals surface area contributed by atoms with E-state index in [0.29, 0.717) is 11.6 Å². The molecule has 0 spiro atoms. The number of aromatic nitrogens is 1. The first kappa shape index (κ1) is 12.5. The highest BCUT2D eigenvalue weighted by molar-refractivity contribution is 5.10. The van der Waals surface area contributed by atoms with Crippen LogP contribution >= 0.6 is 0 Å². The van der Waals surface area contributed by atoms with E-state index in [2.05, 4.69) is 48.2 Å². The second-order valence-corrected chi connectivity index (χ2v) is 5.57. The Balaban J connectivity index is 2.06. The van der Waals surface area contributed by atoms with Gasteiger partial charge in [-0.3, -0.25) is 9.88 Å². The zero-order valence-electron chi connectivity index (χ0n) is 11.1. The maximum atomic E-state index is 4.08. The molecule has 0 amide bonds. The number of nitrogens with one attached hydrogen (secondary N) is 1. The smallest absolute Gasteiger partial charge is 0.0271 e. The highest BCUT2D eigenvalue weighted by atomic mass is 15.2. The molecular formula is C14H23N3. The normalized spacial score (nSPS) is 24.8. The van der Waals surface area contributed by atoms with Crippen LogP contribution in [0.4, 0.5) is 0 Å². The molecule has 3 heteroatoms. The molecule has 3 nitrogen and oxygen atoms in total. The fourth-order valence-corrected chi connectivity index (χ4v) is 2.51. The molecule has 1 saturated heterocycles. The molecular weight excluding hydrogens is 210 g/mol. The minimum absolute atomic E-state index is 0.302. The highest BCUT2D eigenvalue weighted by Gasteiger charge is 2.33. The van der Waals surface area contributed by atoms with Crippen molar-refractivity contribution in [3.05, 3.63) is 30.1 Å². The molecule has 0 bridgehead atoms. The van der Waals surface area contributed by atoms with Crippen LogP contribution in [0.2, 0.25) is 0 Å². The second kappa shape index (κ2) is 5.15. The van der Waals surface area contributed by atoms with E-state index in [-0.39, 0.29) is 0 Å². The minimum atomic E-state index is 0.302. The lowest BCUT2D eigenvalue weighted by atomic mass is 9.87. The number of rotatable bonds is 3.